The van der Waals surface area contributed by atoms with Gasteiger partial charge in [0.2, 0.25) is 0 Å². The number of urea groups is 1. The molecule has 0 atom stereocenters. The largest absolute Gasteiger partial charge is 0.373 e. The van der Waals surface area contributed by atoms with Crippen molar-refractivity contribution < 1.29 is 9.53 Å². The highest BCUT2D eigenvalue weighted by Crippen LogP contribution is 2.56. The summed E-state index contributed by atoms with van der Waals surface area (Å²) in [6, 6.07) is 11.6. The molecule has 142 valence electrons. The van der Waals surface area contributed by atoms with Crippen molar-refractivity contribution in [1.82, 2.24) is 15.6 Å². The Bertz CT molecular complexity index is 768. The average molecular weight is 386 g/mol. The number of hydrogen-bond donors (Lipinski definition) is 2. The Balaban J connectivity index is 1.11. The van der Waals surface area contributed by atoms with Gasteiger partial charge in [-0.25, -0.2) is 4.79 Å². The van der Waals surface area contributed by atoms with E-state index in [4.69, 9.17) is 16.3 Å². The van der Waals surface area contributed by atoms with E-state index in [0.717, 1.165) is 36.8 Å². The van der Waals surface area contributed by atoms with Crippen LogP contribution in [-0.2, 0) is 17.9 Å². The number of rotatable bonds is 6. The van der Waals surface area contributed by atoms with Crippen molar-refractivity contribution in [3.05, 3.63) is 64.9 Å². The number of ether oxygens (including phenoxy) is 1. The second-order valence-corrected chi connectivity index (χ2v) is 8.20. The highest BCUT2D eigenvalue weighted by Gasteiger charge is 2.53. The molecule has 4 rings (SSSR count). The monoisotopic (exact) mass is 385 g/mol. The highest BCUT2D eigenvalue weighted by atomic mass is 35.5. The summed E-state index contributed by atoms with van der Waals surface area (Å²) in [6.45, 7) is 1.13. The summed E-state index contributed by atoms with van der Waals surface area (Å²) < 4.78 is 5.96. The standard InChI is InChI=1S/C21H24ClN3O2/c22-17-5-3-15(4-6-17)13-24-20(26)25-18-8-21(9-18)10-19(11-21)27-14-16-2-1-7-23-12-16/h1-7,12,18-19H,8-11,13-14H2,(H2,24,25,26). The van der Waals surface area contributed by atoms with Gasteiger partial charge in [0.15, 0.2) is 0 Å². The van der Waals surface area contributed by atoms with Crippen molar-refractivity contribution in [2.45, 2.75) is 51.0 Å². The molecule has 2 aliphatic rings. The van der Waals surface area contributed by atoms with Crippen LogP contribution < -0.4 is 10.6 Å². The van der Waals surface area contributed by atoms with E-state index < -0.39 is 0 Å². The second-order valence-electron chi connectivity index (χ2n) is 7.76. The Kier molecular flexibility index (Phi) is 5.32. The molecule has 27 heavy (non-hydrogen) atoms. The van der Waals surface area contributed by atoms with Gasteiger partial charge in [0, 0.05) is 30.0 Å². The van der Waals surface area contributed by atoms with E-state index in [0.29, 0.717) is 29.7 Å². The molecule has 5 nitrogen and oxygen atoms in total. The SMILES string of the molecule is O=C(NCc1ccc(Cl)cc1)NC1CC2(C1)CC(OCc1cccnc1)C2. The van der Waals surface area contributed by atoms with E-state index in [1.54, 1.807) is 6.20 Å². The molecule has 2 amide bonds. The molecule has 6 heteroatoms. The molecular formula is C21H24ClN3O2. The number of benzene rings is 1. The summed E-state index contributed by atoms with van der Waals surface area (Å²) >= 11 is 5.87. The van der Waals surface area contributed by atoms with Gasteiger partial charge in [-0.15, -0.1) is 0 Å². The highest BCUT2D eigenvalue weighted by molar-refractivity contribution is 6.30. The van der Waals surface area contributed by atoms with Crippen LogP contribution in [0.1, 0.15) is 36.8 Å². The van der Waals surface area contributed by atoms with Gasteiger partial charge in [0.05, 0.1) is 12.7 Å². The van der Waals surface area contributed by atoms with Crippen LogP contribution in [0.25, 0.3) is 0 Å². The van der Waals surface area contributed by atoms with Gasteiger partial charge in [-0.3, -0.25) is 4.98 Å². The van der Waals surface area contributed by atoms with Gasteiger partial charge in [-0.1, -0.05) is 29.8 Å². The predicted molar refractivity (Wildman–Crippen MR) is 104 cm³/mol. The van der Waals surface area contributed by atoms with Crippen LogP contribution in [0.2, 0.25) is 5.02 Å². The third-order valence-corrected chi connectivity index (χ3v) is 5.84. The fraction of sp³-hybridized carbons (Fsp3) is 0.429. The first-order chi connectivity index (χ1) is 13.1. The van der Waals surface area contributed by atoms with Crippen LogP contribution >= 0.6 is 11.6 Å². The normalized spacial score (nSPS) is 26.1. The summed E-state index contributed by atoms with van der Waals surface area (Å²) in [4.78, 5) is 16.2. The van der Waals surface area contributed by atoms with Gasteiger partial charge in [0.1, 0.15) is 0 Å². The summed E-state index contributed by atoms with van der Waals surface area (Å²) in [7, 11) is 0. The molecule has 0 bridgehead atoms. The van der Waals surface area contributed by atoms with E-state index in [9.17, 15) is 4.79 Å². The van der Waals surface area contributed by atoms with Gasteiger partial charge in [-0.2, -0.15) is 0 Å². The van der Waals surface area contributed by atoms with Crippen molar-refractivity contribution in [3.8, 4) is 0 Å². The molecule has 2 fully saturated rings. The molecule has 2 aliphatic carbocycles. The number of nitrogens with one attached hydrogen (secondary N) is 2. The minimum absolute atomic E-state index is 0.103. The summed E-state index contributed by atoms with van der Waals surface area (Å²) in [5.41, 5.74) is 2.53. The maximum Gasteiger partial charge on any atom is 0.315 e. The van der Waals surface area contributed by atoms with Crippen LogP contribution in [0.5, 0.6) is 0 Å². The Labute approximate surface area is 164 Å². The van der Waals surface area contributed by atoms with Crippen molar-refractivity contribution >= 4 is 17.6 Å². The van der Waals surface area contributed by atoms with Crippen molar-refractivity contribution in [2.24, 2.45) is 5.41 Å². The lowest BCUT2D eigenvalue weighted by Gasteiger charge is -2.57. The molecule has 1 aromatic heterocycles. The van der Waals surface area contributed by atoms with Crippen molar-refractivity contribution in [3.63, 3.8) is 0 Å². The third-order valence-electron chi connectivity index (χ3n) is 5.59. The summed E-state index contributed by atoms with van der Waals surface area (Å²) in [5.74, 6) is 0. The molecule has 2 saturated carbocycles. The molecule has 2 aromatic rings. The van der Waals surface area contributed by atoms with Crippen LogP contribution in [0.15, 0.2) is 48.8 Å². The number of carbonyl (C=O) groups excluding carboxylic acids is 1. The van der Waals surface area contributed by atoms with E-state index in [-0.39, 0.29) is 12.1 Å². The number of pyridine rings is 1. The maximum atomic E-state index is 12.0. The number of halogens is 1. The smallest absolute Gasteiger partial charge is 0.315 e. The number of amides is 2. The topological polar surface area (TPSA) is 63.2 Å². The lowest BCUT2D eigenvalue weighted by molar-refractivity contribution is -0.131. The predicted octanol–water partition coefficient (Wildman–Crippen LogP) is 4.06. The Morgan fingerprint density at radius 3 is 2.63 bits per heavy atom. The number of hydrogen-bond acceptors (Lipinski definition) is 3. The van der Waals surface area contributed by atoms with Crippen LogP contribution in [0.3, 0.4) is 0 Å². The lowest BCUT2D eigenvalue weighted by Crippen LogP contribution is -2.59. The van der Waals surface area contributed by atoms with Gasteiger partial charge in [-0.05, 0) is 60.4 Å². The Morgan fingerprint density at radius 2 is 1.93 bits per heavy atom. The van der Waals surface area contributed by atoms with Crippen molar-refractivity contribution in [2.75, 3.05) is 0 Å². The molecule has 0 radical (unpaired) electrons. The number of carbonyl (C=O) groups is 1. The van der Waals surface area contributed by atoms with E-state index in [1.807, 2.05) is 42.6 Å². The lowest BCUT2D eigenvalue weighted by atomic mass is 9.53. The zero-order valence-electron chi connectivity index (χ0n) is 15.2. The molecule has 1 spiro atoms. The molecule has 1 aromatic carbocycles. The first kappa shape index (κ1) is 18.3. The second kappa shape index (κ2) is 7.87. The summed E-state index contributed by atoms with van der Waals surface area (Å²) in [5, 5.41) is 6.67. The molecule has 2 N–H and O–H groups in total. The fourth-order valence-corrected chi connectivity index (χ4v) is 4.29. The van der Waals surface area contributed by atoms with Crippen LogP contribution in [-0.4, -0.2) is 23.2 Å². The third kappa shape index (κ3) is 4.60. The minimum Gasteiger partial charge on any atom is -0.373 e. The number of nitrogens with zero attached hydrogens (tertiary/aromatic N) is 1. The molecule has 0 unspecified atom stereocenters. The fourth-order valence-electron chi connectivity index (χ4n) is 4.16. The van der Waals surface area contributed by atoms with Crippen LogP contribution in [0, 0.1) is 5.41 Å². The Morgan fingerprint density at radius 1 is 1.15 bits per heavy atom. The zero-order valence-corrected chi connectivity index (χ0v) is 15.9. The molecule has 1 heterocycles. The quantitative estimate of drug-likeness (QED) is 0.788. The summed E-state index contributed by atoms with van der Waals surface area (Å²) in [6.07, 6.45) is 8.25. The Hall–Kier alpha value is -2.11. The first-order valence-electron chi connectivity index (χ1n) is 9.40. The van der Waals surface area contributed by atoms with Gasteiger partial charge >= 0.3 is 6.03 Å². The first-order valence-corrected chi connectivity index (χ1v) is 9.77. The molecule has 0 aliphatic heterocycles. The maximum absolute atomic E-state index is 12.0. The van der Waals surface area contributed by atoms with Gasteiger partial charge < -0.3 is 15.4 Å². The molecular weight excluding hydrogens is 362 g/mol. The van der Waals surface area contributed by atoms with Crippen molar-refractivity contribution in [1.29, 1.82) is 0 Å². The van der Waals surface area contributed by atoms with Gasteiger partial charge in [0.25, 0.3) is 0 Å². The number of aromatic nitrogens is 1. The average Bonchev–Trinajstić information content (AvgIpc) is 2.62. The van der Waals surface area contributed by atoms with Crippen LogP contribution in [0.4, 0.5) is 4.79 Å². The minimum atomic E-state index is -0.103. The molecule has 0 saturated heterocycles. The van der Waals surface area contributed by atoms with E-state index in [2.05, 4.69) is 15.6 Å². The van der Waals surface area contributed by atoms with E-state index >= 15 is 0 Å². The van der Waals surface area contributed by atoms with E-state index in [1.165, 1.54) is 0 Å². The zero-order chi connectivity index (χ0) is 18.7.